The smallest absolute Gasteiger partial charge is 0.483 e. The summed E-state index contributed by atoms with van der Waals surface area (Å²) >= 11 is 0. The lowest BCUT2D eigenvalue weighted by atomic mass is 9.94. The van der Waals surface area contributed by atoms with Crippen molar-refractivity contribution in [3.63, 3.8) is 0 Å². The number of hydrogen-bond donors (Lipinski definition) is 3. The van der Waals surface area contributed by atoms with E-state index in [1.807, 2.05) is 65.0 Å². The van der Waals surface area contributed by atoms with Crippen LogP contribution in [0.5, 0.6) is 11.5 Å². The average Bonchev–Trinajstić information content (AvgIpc) is 3.64. The van der Waals surface area contributed by atoms with Gasteiger partial charge in [-0.3, -0.25) is 9.59 Å². The number of fused-ring (bicyclic) bond motifs is 1. The summed E-state index contributed by atoms with van der Waals surface area (Å²) < 4.78 is 35.7. The lowest BCUT2D eigenvalue weighted by molar-refractivity contribution is -0.286. The third kappa shape index (κ3) is 7.73. The van der Waals surface area contributed by atoms with E-state index in [9.17, 15) is 13.6 Å². The molecule has 0 radical (unpaired) electrons. The van der Waals surface area contributed by atoms with E-state index in [1.165, 1.54) is 12.1 Å². The van der Waals surface area contributed by atoms with E-state index >= 15 is 0 Å². The van der Waals surface area contributed by atoms with Gasteiger partial charge >= 0.3 is 6.29 Å². The first-order valence-electron chi connectivity index (χ1n) is 12.6. The Kier molecular flexibility index (Phi) is 10.9. The number of nitrogens with one attached hydrogen (secondary N) is 1. The zero-order chi connectivity index (χ0) is 29.2. The molecule has 8 nitrogen and oxygen atoms in total. The SMILES string of the molecule is CC.CCN.Cc1cccc(-c2nc(NC(=O)C3(c4ccc5c(c4)OC(F)(F)O5)CC3)ccc2C)c1.O=CO. The predicted molar refractivity (Wildman–Crippen MR) is 146 cm³/mol. The quantitative estimate of drug-likeness (QED) is 0.342. The van der Waals surface area contributed by atoms with Crippen LogP contribution >= 0.6 is 0 Å². The molecular formula is C29H35F2N3O5. The van der Waals surface area contributed by atoms with E-state index in [0.29, 0.717) is 24.2 Å². The number of aromatic nitrogens is 1. The molecule has 0 saturated heterocycles. The molecular weight excluding hydrogens is 508 g/mol. The van der Waals surface area contributed by atoms with Gasteiger partial charge in [-0.2, -0.15) is 0 Å². The number of benzene rings is 2. The van der Waals surface area contributed by atoms with Crippen LogP contribution in [0.4, 0.5) is 14.6 Å². The first-order valence-corrected chi connectivity index (χ1v) is 12.6. The highest BCUT2D eigenvalue weighted by Crippen LogP contribution is 2.52. The largest absolute Gasteiger partial charge is 0.586 e. The molecule has 210 valence electrons. The van der Waals surface area contributed by atoms with E-state index < -0.39 is 11.7 Å². The van der Waals surface area contributed by atoms with Gasteiger partial charge in [-0.25, -0.2) is 4.98 Å². The maximum absolute atomic E-state index is 13.3. The number of amides is 1. The Hall–Kier alpha value is -4.05. The summed E-state index contributed by atoms with van der Waals surface area (Å²) in [7, 11) is 0. The molecule has 3 aromatic rings. The van der Waals surface area contributed by atoms with Crippen molar-refractivity contribution < 1.29 is 33.0 Å². The lowest BCUT2D eigenvalue weighted by Gasteiger charge is -2.17. The van der Waals surface area contributed by atoms with E-state index in [4.69, 9.17) is 15.6 Å². The predicted octanol–water partition coefficient (Wildman–Crippen LogP) is 6.05. The first-order chi connectivity index (χ1) is 18.6. The Bertz CT molecular complexity index is 1280. The van der Waals surface area contributed by atoms with Crippen molar-refractivity contribution in [2.24, 2.45) is 5.73 Å². The van der Waals surface area contributed by atoms with Crippen LogP contribution in [0.2, 0.25) is 0 Å². The molecule has 4 N–H and O–H groups in total. The molecule has 1 aliphatic carbocycles. The summed E-state index contributed by atoms with van der Waals surface area (Å²) in [5.74, 6) is 0.139. The van der Waals surface area contributed by atoms with Crippen LogP contribution in [0, 0.1) is 13.8 Å². The third-order valence-electron chi connectivity index (χ3n) is 5.77. The Labute approximate surface area is 227 Å². The fourth-order valence-corrected chi connectivity index (χ4v) is 3.94. The summed E-state index contributed by atoms with van der Waals surface area (Å²) in [6.45, 7) is 10.4. The van der Waals surface area contributed by atoms with Crippen LogP contribution < -0.4 is 20.5 Å². The number of halogens is 2. The van der Waals surface area contributed by atoms with Crippen LogP contribution in [0.25, 0.3) is 11.3 Å². The molecule has 2 aromatic carbocycles. The van der Waals surface area contributed by atoms with Crippen molar-refractivity contribution in [3.8, 4) is 22.8 Å². The lowest BCUT2D eigenvalue weighted by Crippen LogP contribution is -2.28. The van der Waals surface area contributed by atoms with E-state index in [1.54, 1.807) is 12.1 Å². The van der Waals surface area contributed by atoms with E-state index in [-0.39, 0.29) is 23.9 Å². The van der Waals surface area contributed by atoms with Gasteiger partial charge in [0.05, 0.1) is 11.1 Å². The molecule has 5 rings (SSSR count). The molecule has 0 bridgehead atoms. The first kappa shape index (κ1) is 31.2. The van der Waals surface area contributed by atoms with Crippen molar-refractivity contribution in [2.75, 3.05) is 11.9 Å². The Balaban J connectivity index is 0.000000602. The van der Waals surface area contributed by atoms with E-state index in [2.05, 4.69) is 19.8 Å². The number of rotatable bonds is 4. The monoisotopic (exact) mass is 543 g/mol. The van der Waals surface area contributed by atoms with Crippen molar-refractivity contribution in [1.29, 1.82) is 0 Å². The van der Waals surface area contributed by atoms with Gasteiger partial charge in [0.15, 0.2) is 11.5 Å². The van der Waals surface area contributed by atoms with Gasteiger partial charge in [-0.05, 0) is 68.6 Å². The number of pyridine rings is 1. The number of carboxylic acid groups (broad SMARTS) is 1. The maximum Gasteiger partial charge on any atom is 0.586 e. The second kappa shape index (κ2) is 13.7. The Morgan fingerprint density at radius 1 is 1.08 bits per heavy atom. The number of carbonyl (C=O) groups is 2. The topological polar surface area (TPSA) is 124 Å². The molecule has 0 spiro atoms. The summed E-state index contributed by atoms with van der Waals surface area (Å²) in [5, 5.41) is 9.80. The average molecular weight is 544 g/mol. The molecule has 39 heavy (non-hydrogen) atoms. The molecule has 1 saturated carbocycles. The number of aryl methyl sites for hydroxylation is 2. The molecule has 0 unspecified atom stereocenters. The highest BCUT2D eigenvalue weighted by Gasteiger charge is 2.53. The van der Waals surface area contributed by atoms with Crippen LogP contribution in [-0.4, -0.2) is 35.3 Å². The molecule has 1 fully saturated rings. The number of anilines is 1. The second-order valence-electron chi connectivity index (χ2n) is 8.61. The van der Waals surface area contributed by atoms with Gasteiger partial charge in [0, 0.05) is 5.56 Å². The molecule has 0 atom stereocenters. The van der Waals surface area contributed by atoms with Crippen molar-refractivity contribution in [2.45, 2.75) is 59.2 Å². The fourth-order valence-electron chi connectivity index (χ4n) is 3.94. The molecule has 2 aliphatic rings. The van der Waals surface area contributed by atoms with Gasteiger partial charge in [-0.1, -0.05) is 56.7 Å². The minimum Gasteiger partial charge on any atom is -0.483 e. The highest BCUT2D eigenvalue weighted by atomic mass is 19.3. The van der Waals surface area contributed by atoms with Crippen molar-refractivity contribution in [3.05, 3.63) is 71.3 Å². The normalized spacial score (nSPS) is 14.7. The number of nitrogens with two attached hydrogens (primary N) is 1. The number of carbonyl (C=O) groups excluding carboxylic acids is 1. The van der Waals surface area contributed by atoms with E-state index in [0.717, 1.165) is 28.9 Å². The van der Waals surface area contributed by atoms with Crippen LogP contribution in [0.3, 0.4) is 0 Å². The molecule has 1 aromatic heterocycles. The molecule has 10 heteroatoms. The van der Waals surface area contributed by atoms with Gasteiger partial charge < -0.3 is 25.6 Å². The summed E-state index contributed by atoms with van der Waals surface area (Å²) in [6, 6.07) is 16.2. The number of alkyl halides is 2. The van der Waals surface area contributed by atoms with Crippen molar-refractivity contribution >= 4 is 18.2 Å². The second-order valence-corrected chi connectivity index (χ2v) is 8.61. The van der Waals surface area contributed by atoms with Gasteiger partial charge in [-0.15, -0.1) is 8.78 Å². The third-order valence-corrected chi connectivity index (χ3v) is 5.77. The minimum atomic E-state index is -3.68. The van der Waals surface area contributed by atoms with Crippen LogP contribution in [0.1, 0.15) is 50.3 Å². The van der Waals surface area contributed by atoms with Crippen LogP contribution in [-0.2, 0) is 15.0 Å². The molecule has 1 aliphatic heterocycles. The number of ether oxygens (including phenoxy) is 2. The number of nitrogens with zero attached hydrogens (tertiary/aromatic N) is 1. The fraction of sp³-hybridized carbons (Fsp3) is 0.345. The zero-order valence-corrected chi connectivity index (χ0v) is 22.8. The minimum absolute atomic E-state index is 0.0343. The van der Waals surface area contributed by atoms with Gasteiger partial charge in [0.25, 0.3) is 6.47 Å². The Morgan fingerprint density at radius 2 is 1.69 bits per heavy atom. The van der Waals surface area contributed by atoms with Crippen LogP contribution in [0.15, 0.2) is 54.6 Å². The molecule has 1 amide bonds. The maximum atomic E-state index is 13.3. The van der Waals surface area contributed by atoms with Gasteiger partial charge in [0.1, 0.15) is 5.82 Å². The van der Waals surface area contributed by atoms with Crippen molar-refractivity contribution in [1.82, 2.24) is 4.98 Å². The Morgan fingerprint density at radius 3 is 2.28 bits per heavy atom. The highest BCUT2D eigenvalue weighted by molar-refractivity contribution is 6.01. The van der Waals surface area contributed by atoms with Gasteiger partial charge in [0.2, 0.25) is 5.91 Å². The summed E-state index contributed by atoms with van der Waals surface area (Å²) in [5.41, 5.74) is 8.59. The standard InChI is InChI=1S/C24H20F2N2O3.C2H7N.C2H6.CH2O2/c1-14-4-3-5-16(12-14)21-15(2)6-9-20(27-21)28-22(29)23(10-11-23)17-7-8-18-19(13-17)31-24(25,26)30-18;1-2-3;1-2;2-1-3/h3-9,12-13H,10-11H2,1-2H3,(H,27,28,29);2-3H2,1H3;1-2H3;1H,(H,2,3). The zero-order valence-electron chi connectivity index (χ0n) is 22.8. The number of hydrogen-bond acceptors (Lipinski definition) is 6. The summed E-state index contributed by atoms with van der Waals surface area (Å²) in [6.07, 6.45) is -2.45. The summed E-state index contributed by atoms with van der Waals surface area (Å²) in [4.78, 5) is 26.2. The molecule has 2 heterocycles.